The number of rotatable bonds is 6. The smallest absolute Gasteiger partial charge is 0.152 e. The maximum atomic E-state index is 6.34. The Morgan fingerprint density at radius 1 is 1.10 bits per heavy atom. The number of anilines is 1. The van der Waals surface area contributed by atoms with E-state index in [1.54, 1.807) is 0 Å². The highest BCUT2D eigenvalue weighted by Gasteiger charge is 2.27. The van der Waals surface area contributed by atoms with Crippen molar-refractivity contribution < 1.29 is 0 Å². The van der Waals surface area contributed by atoms with Crippen molar-refractivity contribution >= 4 is 27.8 Å². The number of para-hydroxylation sites is 1. The van der Waals surface area contributed by atoms with Gasteiger partial charge in [-0.15, -0.1) is 0 Å². The summed E-state index contributed by atoms with van der Waals surface area (Å²) in [5.74, 6) is 2.51. The summed E-state index contributed by atoms with van der Waals surface area (Å²) < 4.78 is 2.46. The normalized spacial score (nSPS) is 16.7. The number of hydrogen-bond acceptors (Lipinski definition) is 4. The predicted octanol–water partition coefficient (Wildman–Crippen LogP) is 5.41. The second kappa shape index (κ2) is 8.54. The topological polar surface area (TPSA) is 60.0 Å². The fourth-order valence-electron chi connectivity index (χ4n) is 4.88. The Bertz CT molecular complexity index is 1010. The Balaban J connectivity index is 1.62. The first kappa shape index (κ1) is 21.1. The summed E-state index contributed by atoms with van der Waals surface area (Å²) in [6.45, 7) is 12.7. The molecule has 5 nitrogen and oxygen atoms in total. The van der Waals surface area contributed by atoms with Crippen molar-refractivity contribution in [1.29, 1.82) is 0 Å². The van der Waals surface area contributed by atoms with Crippen LogP contribution in [0.4, 0.5) is 5.82 Å². The van der Waals surface area contributed by atoms with Gasteiger partial charge in [-0.2, -0.15) is 0 Å². The molecule has 3 aromatic rings. The molecule has 0 bridgehead atoms. The fourth-order valence-corrected chi connectivity index (χ4v) is 4.88. The van der Waals surface area contributed by atoms with Crippen LogP contribution >= 0.6 is 0 Å². The van der Waals surface area contributed by atoms with E-state index in [0.29, 0.717) is 5.82 Å². The van der Waals surface area contributed by atoms with Gasteiger partial charge in [0.15, 0.2) is 5.82 Å². The van der Waals surface area contributed by atoms with Crippen LogP contribution in [0.2, 0.25) is 0 Å². The lowest BCUT2D eigenvalue weighted by molar-refractivity contribution is 0.0843. The van der Waals surface area contributed by atoms with Crippen molar-refractivity contribution in [1.82, 2.24) is 19.4 Å². The van der Waals surface area contributed by atoms with Crippen LogP contribution in [0.15, 0.2) is 24.3 Å². The standard InChI is InChI=1S/C25H37N5/c1-5-6-11-21-28-22-23(19-9-7-8-10-20(19)27-24(22)26)30(21)17-14-18-12-15-29(16-13-18)25(2,3)4/h7-10,18H,5-6,11-17H2,1-4H3,(H2,26,27). The molecule has 0 unspecified atom stereocenters. The lowest BCUT2D eigenvalue weighted by Gasteiger charge is -2.41. The van der Waals surface area contributed by atoms with Gasteiger partial charge in [0.1, 0.15) is 11.3 Å². The number of pyridine rings is 1. The number of likely N-dealkylation sites (tertiary alicyclic amines) is 1. The molecule has 1 aromatic carbocycles. The zero-order valence-electron chi connectivity index (χ0n) is 19.1. The van der Waals surface area contributed by atoms with Crippen molar-refractivity contribution in [2.24, 2.45) is 5.92 Å². The molecule has 2 aromatic heterocycles. The van der Waals surface area contributed by atoms with Crippen LogP contribution in [0, 0.1) is 5.92 Å². The molecule has 30 heavy (non-hydrogen) atoms. The van der Waals surface area contributed by atoms with Crippen LogP contribution in [0.1, 0.15) is 65.6 Å². The van der Waals surface area contributed by atoms with E-state index in [2.05, 4.69) is 60.3 Å². The van der Waals surface area contributed by atoms with Gasteiger partial charge in [0.05, 0.1) is 11.0 Å². The van der Waals surface area contributed by atoms with Crippen molar-refractivity contribution in [3.05, 3.63) is 30.1 Å². The lowest BCUT2D eigenvalue weighted by atomic mass is 9.90. The number of fused-ring (bicyclic) bond motifs is 3. The quantitative estimate of drug-likeness (QED) is 0.593. The molecule has 3 heterocycles. The van der Waals surface area contributed by atoms with E-state index in [1.165, 1.54) is 55.5 Å². The molecule has 2 N–H and O–H groups in total. The molecule has 1 aliphatic heterocycles. The maximum absolute atomic E-state index is 6.34. The Labute approximate surface area is 180 Å². The monoisotopic (exact) mass is 407 g/mol. The van der Waals surface area contributed by atoms with Gasteiger partial charge in [-0.05, 0) is 71.5 Å². The van der Waals surface area contributed by atoms with Crippen LogP contribution in [-0.4, -0.2) is 38.1 Å². The summed E-state index contributed by atoms with van der Waals surface area (Å²) in [5, 5.41) is 1.17. The Morgan fingerprint density at radius 2 is 1.83 bits per heavy atom. The largest absolute Gasteiger partial charge is 0.382 e. The number of hydrogen-bond donors (Lipinski definition) is 1. The SMILES string of the molecule is CCCCc1nc2c(N)nc3ccccc3c2n1CCC1CCN(C(C)(C)C)CC1. The fraction of sp³-hybridized carbons (Fsp3) is 0.600. The maximum Gasteiger partial charge on any atom is 0.152 e. The highest BCUT2D eigenvalue weighted by atomic mass is 15.2. The summed E-state index contributed by atoms with van der Waals surface area (Å²) >= 11 is 0. The average molecular weight is 408 g/mol. The molecule has 162 valence electrons. The second-order valence-corrected chi connectivity index (χ2v) is 9.88. The molecule has 4 rings (SSSR count). The van der Waals surface area contributed by atoms with Gasteiger partial charge in [0.25, 0.3) is 0 Å². The molecular weight excluding hydrogens is 370 g/mol. The molecule has 0 amide bonds. The van der Waals surface area contributed by atoms with Crippen molar-refractivity contribution in [3.8, 4) is 0 Å². The summed E-state index contributed by atoms with van der Waals surface area (Å²) in [7, 11) is 0. The van der Waals surface area contributed by atoms with Gasteiger partial charge in [-0.25, -0.2) is 9.97 Å². The van der Waals surface area contributed by atoms with Crippen LogP contribution in [0.3, 0.4) is 0 Å². The van der Waals surface area contributed by atoms with Crippen LogP contribution < -0.4 is 5.73 Å². The van der Waals surface area contributed by atoms with E-state index >= 15 is 0 Å². The number of benzene rings is 1. The van der Waals surface area contributed by atoms with Gasteiger partial charge in [-0.1, -0.05) is 31.5 Å². The van der Waals surface area contributed by atoms with E-state index in [0.717, 1.165) is 36.3 Å². The first-order chi connectivity index (χ1) is 14.4. The molecule has 1 aliphatic rings. The van der Waals surface area contributed by atoms with Crippen LogP contribution in [0.5, 0.6) is 0 Å². The third-order valence-corrected chi connectivity index (χ3v) is 6.77. The molecule has 1 fully saturated rings. The van der Waals surface area contributed by atoms with E-state index < -0.39 is 0 Å². The van der Waals surface area contributed by atoms with Crippen LogP contribution in [-0.2, 0) is 13.0 Å². The summed E-state index contributed by atoms with van der Waals surface area (Å²) in [6, 6.07) is 8.33. The number of nitrogen functional groups attached to an aromatic ring is 1. The van der Waals surface area contributed by atoms with E-state index in [9.17, 15) is 0 Å². The van der Waals surface area contributed by atoms with Crippen molar-refractivity contribution in [2.45, 2.75) is 78.3 Å². The van der Waals surface area contributed by atoms with Crippen molar-refractivity contribution in [2.75, 3.05) is 18.8 Å². The number of nitrogens with two attached hydrogens (primary N) is 1. The first-order valence-electron chi connectivity index (χ1n) is 11.7. The van der Waals surface area contributed by atoms with Gasteiger partial charge in [0.2, 0.25) is 0 Å². The van der Waals surface area contributed by atoms with Gasteiger partial charge in [-0.3, -0.25) is 4.90 Å². The van der Waals surface area contributed by atoms with Gasteiger partial charge < -0.3 is 10.3 Å². The second-order valence-electron chi connectivity index (χ2n) is 9.88. The average Bonchev–Trinajstić information content (AvgIpc) is 3.10. The number of aromatic nitrogens is 3. The third-order valence-electron chi connectivity index (χ3n) is 6.77. The van der Waals surface area contributed by atoms with Gasteiger partial charge >= 0.3 is 0 Å². The minimum atomic E-state index is 0.280. The number of unbranched alkanes of at least 4 members (excludes halogenated alkanes) is 1. The molecule has 0 aliphatic carbocycles. The highest BCUT2D eigenvalue weighted by Crippen LogP contribution is 2.31. The summed E-state index contributed by atoms with van der Waals surface area (Å²) in [6.07, 6.45) is 7.11. The lowest BCUT2D eigenvalue weighted by Crippen LogP contribution is -2.46. The Morgan fingerprint density at radius 3 is 2.53 bits per heavy atom. The highest BCUT2D eigenvalue weighted by molar-refractivity contribution is 6.06. The number of imidazole rings is 1. The zero-order valence-corrected chi connectivity index (χ0v) is 19.1. The van der Waals surface area contributed by atoms with E-state index in [-0.39, 0.29) is 5.54 Å². The number of piperidine rings is 1. The van der Waals surface area contributed by atoms with E-state index in [1.807, 2.05) is 6.07 Å². The zero-order chi connectivity index (χ0) is 21.3. The summed E-state index contributed by atoms with van der Waals surface area (Å²) in [4.78, 5) is 12.2. The number of aryl methyl sites for hydroxylation is 2. The van der Waals surface area contributed by atoms with E-state index in [4.69, 9.17) is 10.7 Å². The molecule has 0 spiro atoms. The molecule has 1 saturated heterocycles. The minimum Gasteiger partial charge on any atom is -0.382 e. The number of nitrogens with zero attached hydrogens (tertiary/aromatic N) is 4. The van der Waals surface area contributed by atoms with Gasteiger partial charge in [0, 0.05) is 23.9 Å². The first-order valence-corrected chi connectivity index (χ1v) is 11.7. The van der Waals surface area contributed by atoms with Crippen LogP contribution in [0.25, 0.3) is 21.9 Å². The van der Waals surface area contributed by atoms with Crippen molar-refractivity contribution in [3.63, 3.8) is 0 Å². The Kier molecular flexibility index (Phi) is 6.01. The minimum absolute atomic E-state index is 0.280. The molecule has 0 radical (unpaired) electrons. The molecule has 0 saturated carbocycles. The molecular formula is C25H37N5. The third kappa shape index (κ3) is 4.18. The molecule has 5 heteroatoms. The predicted molar refractivity (Wildman–Crippen MR) is 127 cm³/mol. The summed E-state index contributed by atoms with van der Waals surface area (Å²) in [5.41, 5.74) is 9.63. The molecule has 0 atom stereocenters. The Hall–Kier alpha value is -2.14.